The van der Waals surface area contributed by atoms with Gasteiger partial charge in [0.15, 0.2) is 6.29 Å². The smallest absolute Gasteiger partial charge is 0.150 e. The number of carbonyl (C=O) groups is 1. The van der Waals surface area contributed by atoms with E-state index in [1.165, 1.54) is 0 Å². The zero-order chi connectivity index (χ0) is 20.4. The summed E-state index contributed by atoms with van der Waals surface area (Å²) in [5.41, 5.74) is 3.67. The number of rotatable bonds is 6. The normalized spacial score (nSPS) is 10.7. The first kappa shape index (κ1) is 18.6. The number of carbonyl (C=O) groups excluding carboxylic acids is 1. The molecule has 0 aliphatic carbocycles. The number of furan rings is 1. The largest absolute Gasteiger partial charge is 0.497 e. The van der Waals surface area contributed by atoms with E-state index < -0.39 is 0 Å². The molecule has 1 aromatic heterocycles. The molecule has 5 heteroatoms. The van der Waals surface area contributed by atoms with Crippen molar-refractivity contribution in [2.24, 2.45) is 0 Å². The molecule has 0 amide bonds. The van der Waals surface area contributed by atoms with E-state index >= 15 is 0 Å². The third-order valence-corrected chi connectivity index (χ3v) is 4.91. The minimum absolute atomic E-state index is 0.555. The van der Waals surface area contributed by atoms with Crippen LogP contribution in [0.2, 0.25) is 0 Å². The first-order valence-corrected chi connectivity index (χ1v) is 9.07. The Labute approximate surface area is 168 Å². The number of methoxy groups -OCH3 is 3. The number of benzene rings is 3. The summed E-state index contributed by atoms with van der Waals surface area (Å²) >= 11 is 0. The first-order valence-electron chi connectivity index (χ1n) is 9.07. The van der Waals surface area contributed by atoms with Gasteiger partial charge in [-0.15, -0.1) is 0 Å². The third kappa shape index (κ3) is 3.31. The van der Waals surface area contributed by atoms with Gasteiger partial charge < -0.3 is 18.6 Å². The van der Waals surface area contributed by atoms with Crippen molar-refractivity contribution in [3.05, 3.63) is 66.2 Å². The Morgan fingerprint density at radius 2 is 1.38 bits per heavy atom. The molecule has 0 bridgehead atoms. The van der Waals surface area contributed by atoms with Gasteiger partial charge >= 0.3 is 0 Å². The van der Waals surface area contributed by atoms with Gasteiger partial charge in [-0.3, -0.25) is 4.79 Å². The molecular formula is C24H20O5. The van der Waals surface area contributed by atoms with E-state index in [1.807, 2.05) is 48.5 Å². The van der Waals surface area contributed by atoms with Crippen molar-refractivity contribution < 1.29 is 23.4 Å². The van der Waals surface area contributed by atoms with Crippen LogP contribution in [0, 0.1) is 0 Å². The van der Waals surface area contributed by atoms with E-state index in [0.717, 1.165) is 34.1 Å². The Morgan fingerprint density at radius 1 is 0.759 bits per heavy atom. The van der Waals surface area contributed by atoms with Gasteiger partial charge in [0.05, 0.1) is 21.3 Å². The molecule has 0 saturated heterocycles. The summed E-state index contributed by atoms with van der Waals surface area (Å²) in [7, 11) is 4.84. The molecule has 0 aliphatic heterocycles. The highest BCUT2D eigenvalue weighted by Gasteiger charge is 2.21. The number of fused-ring (bicyclic) bond motifs is 1. The lowest BCUT2D eigenvalue weighted by atomic mass is 9.94. The fraction of sp³-hybridized carbons (Fsp3) is 0.125. The minimum Gasteiger partial charge on any atom is -0.497 e. The van der Waals surface area contributed by atoms with E-state index in [-0.39, 0.29) is 0 Å². The van der Waals surface area contributed by atoms with Crippen LogP contribution in [-0.4, -0.2) is 27.6 Å². The number of hydrogen-bond acceptors (Lipinski definition) is 5. The Bertz CT molecular complexity index is 1170. The molecule has 0 spiro atoms. The number of hydrogen-bond donors (Lipinski definition) is 0. The number of ether oxygens (including phenoxy) is 3. The summed E-state index contributed by atoms with van der Waals surface area (Å²) in [4.78, 5) is 11.8. The quantitative estimate of drug-likeness (QED) is 0.402. The molecule has 0 radical (unpaired) electrons. The van der Waals surface area contributed by atoms with Crippen LogP contribution in [0.4, 0.5) is 0 Å². The minimum atomic E-state index is 0.555. The van der Waals surface area contributed by atoms with Crippen LogP contribution in [0.5, 0.6) is 17.2 Å². The van der Waals surface area contributed by atoms with Gasteiger partial charge in [-0.2, -0.15) is 0 Å². The van der Waals surface area contributed by atoms with Crippen LogP contribution in [0.3, 0.4) is 0 Å². The van der Waals surface area contributed by atoms with Gasteiger partial charge in [0, 0.05) is 33.7 Å². The van der Waals surface area contributed by atoms with Crippen LogP contribution in [0.15, 0.2) is 65.1 Å². The molecule has 4 aromatic rings. The zero-order valence-corrected chi connectivity index (χ0v) is 16.4. The molecule has 5 nitrogen and oxygen atoms in total. The zero-order valence-electron chi connectivity index (χ0n) is 16.4. The van der Waals surface area contributed by atoms with Gasteiger partial charge in [-0.1, -0.05) is 0 Å². The van der Waals surface area contributed by atoms with E-state index in [1.54, 1.807) is 33.5 Å². The first-order chi connectivity index (χ1) is 14.2. The van der Waals surface area contributed by atoms with Gasteiger partial charge in [-0.05, 0) is 54.6 Å². The summed E-state index contributed by atoms with van der Waals surface area (Å²) < 4.78 is 22.3. The van der Waals surface area contributed by atoms with Crippen LogP contribution >= 0.6 is 0 Å². The van der Waals surface area contributed by atoms with Crippen molar-refractivity contribution in [1.29, 1.82) is 0 Å². The molecule has 1 heterocycles. The molecule has 0 N–H and O–H groups in total. The van der Waals surface area contributed by atoms with E-state index in [0.29, 0.717) is 28.4 Å². The monoisotopic (exact) mass is 388 g/mol. The van der Waals surface area contributed by atoms with Crippen molar-refractivity contribution in [2.75, 3.05) is 21.3 Å². The van der Waals surface area contributed by atoms with Crippen LogP contribution in [0.1, 0.15) is 10.4 Å². The number of aldehydes is 1. The van der Waals surface area contributed by atoms with Crippen LogP contribution in [-0.2, 0) is 0 Å². The molecule has 146 valence electrons. The summed E-state index contributed by atoms with van der Waals surface area (Å²) in [5, 5.41) is 0.882. The standard InChI is InChI=1S/C24H20O5/c1-26-17-7-4-15(5-8-17)24-23(20-11-10-19(28-3)13-22(20)29-24)21-12-18(27-2)9-6-16(21)14-25/h4-14H,1-3H3. The Hall–Kier alpha value is -3.73. The second-order valence-electron chi connectivity index (χ2n) is 6.47. The summed E-state index contributed by atoms with van der Waals surface area (Å²) in [5.74, 6) is 2.77. The van der Waals surface area contributed by atoms with Gasteiger partial charge in [0.25, 0.3) is 0 Å². The highest BCUT2D eigenvalue weighted by molar-refractivity contribution is 6.05. The highest BCUT2D eigenvalue weighted by Crippen LogP contribution is 2.44. The molecule has 0 atom stereocenters. The van der Waals surface area contributed by atoms with E-state index in [4.69, 9.17) is 18.6 Å². The second kappa shape index (κ2) is 7.72. The molecule has 4 rings (SSSR count). The van der Waals surface area contributed by atoms with Crippen LogP contribution < -0.4 is 14.2 Å². The molecule has 29 heavy (non-hydrogen) atoms. The lowest BCUT2D eigenvalue weighted by Gasteiger charge is -2.10. The maximum atomic E-state index is 11.8. The van der Waals surface area contributed by atoms with Crippen LogP contribution in [0.25, 0.3) is 33.4 Å². The lowest BCUT2D eigenvalue weighted by molar-refractivity contribution is 0.112. The molecule has 0 fully saturated rings. The van der Waals surface area contributed by atoms with Gasteiger partial charge in [0.2, 0.25) is 0 Å². The summed E-state index contributed by atoms with van der Waals surface area (Å²) in [6, 6.07) is 18.6. The van der Waals surface area contributed by atoms with Gasteiger partial charge in [0.1, 0.15) is 28.6 Å². The van der Waals surface area contributed by atoms with Crippen molar-refractivity contribution >= 4 is 17.3 Å². The average Bonchev–Trinajstić information content (AvgIpc) is 3.17. The average molecular weight is 388 g/mol. The predicted molar refractivity (Wildman–Crippen MR) is 112 cm³/mol. The van der Waals surface area contributed by atoms with Crippen molar-refractivity contribution in [3.8, 4) is 39.7 Å². The summed E-state index contributed by atoms with van der Waals surface area (Å²) in [6.07, 6.45) is 0.842. The molecular weight excluding hydrogens is 368 g/mol. The molecule has 0 unspecified atom stereocenters. The Kier molecular flexibility index (Phi) is 4.96. The highest BCUT2D eigenvalue weighted by atomic mass is 16.5. The fourth-order valence-electron chi connectivity index (χ4n) is 3.40. The lowest BCUT2D eigenvalue weighted by Crippen LogP contribution is -1.92. The maximum absolute atomic E-state index is 11.8. The van der Waals surface area contributed by atoms with E-state index in [2.05, 4.69) is 0 Å². The van der Waals surface area contributed by atoms with Crippen molar-refractivity contribution in [2.45, 2.75) is 0 Å². The topological polar surface area (TPSA) is 57.9 Å². The predicted octanol–water partition coefficient (Wildman–Crippen LogP) is 5.61. The summed E-state index contributed by atoms with van der Waals surface area (Å²) in [6.45, 7) is 0. The molecule has 0 saturated carbocycles. The van der Waals surface area contributed by atoms with Crippen molar-refractivity contribution in [3.63, 3.8) is 0 Å². The molecule has 3 aromatic carbocycles. The Morgan fingerprint density at radius 3 is 2.03 bits per heavy atom. The SMILES string of the molecule is COc1ccc(-c2oc3cc(OC)ccc3c2-c2cc(OC)ccc2C=O)cc1. The maximum Gasteiger partial charge on any atom is 0.150 e. The van der Waals surface area contributed by atoms with E-state index in [9.17, 15) is 4.79 Å². The van der Waals surface area contributed by atoms with Crippen molar-refractivity contribution in [1.82, 2.24) is 0 Å². The molecule has 0 aliphatic rings. The Balaban J connectivity index is 2.04. The third-order valence-electron chi connectivity index (χ3n) is 4.91. The fourth-order valence-corrected chi connectivity index (χ4v) is 3.40. The van der Waals surface area contributed by atoms with Gasteiger partial charge in [-0.25, -0.2) is 0 Å². The second-order valence-corrected chi connectivity index (χ2v) is 6.47.